The average Bonchev–Trinajstić information content (AvgIpc) is 1.66. The van der Waals surface area contributed by atoms with Crippen molar-refractivity contribution in [2.45, 2.75) is 20.8 Å². The van der Waals surface area contributed by atoms with Gasteiger partial charge in [0.15, 0.2) is 0 Å². The minimum absolute atomic E-state index is 0.742. The van der Waals surface area contributed by atoms with Crippen LogP contribution in [0.15, 0.2) is 12.3 Å². The van der Waals surface area contributed by atoms with E-state index in [0.717, 1.165) is 12.5 Å². The van der Waals surface area contributed by atoms with Crippen LogP contribution in [0, 0.1) is 5.92 Å². The molecule has 0 saturated heterocycles. The lowest BCUT2D eigenvalue weighted by molar-refractivity contribution is 0.611. The standard InChI is InChI=1S/C7H15N/c1-4-5-8-6-7(2)3/h4-5,7-8H,6H2,1-3H3/b5-4-. The van der Waals surface area contributed by atoms with Gasteiger partial charge in [-0.2, -0.15) is 0 Å². The van der Waals surface area contributed by atoms with Crippen molar-refractivity contribution >= 4 is 0 Å². The quantitative estimate of drug-likeness (QED) is 0.588. The first kappa shape index (κ1) is 7.54. The van der Waals surface area contributed by atoms with Gasteiger partial charge in [-0.1, -0.05) is 19.9 Å². The zero-order valence-electron chi connectivity index (χ0n) is 5.94. The van der Waals surface area contributed by atoms with Crippen molar-refractivity contribution in [2.75, 3.05) is 6.54 Å². The maximum atomic E-state index is 3.15. The van der Waals surface area contributed by atoms with Crippen molar-refractivity contribution in [3.63, 3.8) is 0 Å². The van der Waals surface area contributed by atoms with Gasteiger partial charge in [-0.3, -0.25) is 0 Å². The Morgan fingerprint density at radius 2 is 2.12 bits per heavy atom. The molecule has 0 heterocycles. The summed E-state index contributed by atoms with van der Waals surface area (Å²) in [5.41, 5.74) is 0. The highest BCUT2D eigenvalue weighted by Gasteiger charge is 1.85. The highest BCUT2D eigenvalue weighted by molar-refractivity contribution is 4.73. The number of allylic oxidation sites excluding steroid dienone is 1. The van der Waals surface area contributed by atoms with E-state index in [9.17, 15) is 0 Å². The summed E-state index contributed by atoms with van der Waals surface area (Å²) in [5, 5.41) is 3.15. The fraction of sp³-hybridized carbons (Fsp3) is 0.714. The molecule has 0 radical (unpaired) electrons. The van der Waals surface area contributed by atoms with Crippen molar-refractivity contribution in [1.29, 1.82) is 0 Å². The molecule has 0 aliphatic rings. The Balaban J connectivity index is 2.93. The van der Waals surface area contributed by atoms with Crippen LogP contribution >= 0.6 is 0 Å². The van der Waals surface area contributed by atoms with Gasteiger partial charge in [0.1, 0.15) is 0 Å². The lowest BCUT2D eigenvalue weighted by Crippen LogP contribution is -2.12. The van der Waals surface area contributed by atoms with E-state index in [4.69, 9.17) is 0 Å². The fourth-order valence-corrected chi connectivity index (χ4v) is 0.422. The lowest BCUT2D eigenvalue weighted by atomic mass is 10.2. The van der Waals surface area contributed by atoms with E-state index in [2.05, 4.69) is 19.2 Å². The minimum Gasteiger partial charge on any atom is -0.391 e. The van der Waals surface area contributed by atoms with Crippen LogP contribution < -0.4 is 5.32 Å². The number of nitrogens with one attached hydrogen (secondary N) is 1. The summed E-state index contributed by atoms with van der Waals surface area (Å²) < 4.78 is 0. The lowest BCUT2D eigenvalue weighted by Gasteiger charge is -2.01. The third kappa shape index (κ3) is 5.54. The van der Waals surface area contributed by atoms with Crippen molar-refractivity contribution in [3.8, 4) is 0 Å². The Labute approximate surface area is 51.8 Å². The van der Waals surface area contributed by atoms with Crippen molar-refractivity contribution in [3.05, 3.63) is 12.3 Å². The van der Waals surface area contributed by atoms with Crippen LogP contribution in [0.25, 0.3) is 0 Å². The van der Waals surface area contributed by atoms with E-state index in [1.165, 1.54) is 0 Å². The molecule has 0 amide bonds. The molecule has 48 valence electrons. The van der Waals surface area contributed by atoms with E-state index in [1.54, 1.807) is 0 Å². The monoisotopic (exact) mass is 113 g/mol. The van der Waals surface area contributed by atoms with Crippen LogP contribution in [0.2, 0.25) is 0 Å². The van der Waals surface area contributed by atoms with Crippen molar-refractivity contribution in [1.82, 2.24) is 5.32 Å². The summed E-state index contributed by atoms with van der Waals surface area (Å²) >= 11 is 0. The number of hydrogen-bond acceptors (Lipinski definition) is 1. The van der Waals surface area contributed by atoms with Gasteiger partial charge in [-0.15, -0.1) is 0 Å². The van der Waals surface area contributed by atoms with Crippen molar-refractivity contribution < 1.29 is 0 Å². The molecule has 0 atom stereocenters. The van der Waals surface area contributed by atoms with Crippen LogP contribution in [0.1, 0.15) is 20.8 Å². The third-order valence-corrected chi connectivity index (χ3v) is 0.811. The largest absolute Gasteiger partial charge is 0.391 e. The third-order valence-electron chi connectivity index (χ3n) is 0.811. The smallest absolute Gasteiger partial charge is 0.0164 e. The Kier molecular flexibility index (Phi) is 4.42. The second kappa shape index (κ2) is 4.69. The van der Waals surface area contributed by atoms with Crippen LogP contribution in [0.3, 0.4) is 0 Å². The van der Waals surface area contributed by atoms with Gasteiger partial charge in [0.25, 0.3) is 0 Å². The second-order valence-corrected chi connectivity index (χ2v) is 2.30. The topological polar surface area (TPSA) is 12.0 Å². The molecule has 0 spiro atoms. The first-order valence-corrected chi connectivity index (χ1v) is 3.12. The van der Waals surface area contributed by atoms with Crippen LogP contribution in [-0.2, 0) is 0 Å². The van der Waals surface area contributed by atoms with Gasteiger partial charge in [0, 0.05) is 6.54 Å². The van der Waals surface area contributed by atoms with Gasteiger partial charge in [0.05, 0.1) is 0 Å². The summed E-state index contributed by atoms with van der Waals surface area (Å²) in [6.45, 7) is 7.46. The molecule has 0 aromatic rings. The number of rotatable bonds is 3. The SMILES string of the molecule is C/C=C\NCC(C)C. The van der Waals surface area contributed by atoms with E-state index in [-0.39, 0.29) is 0 Å². The molecule has 8 heavy (non-hydrogen) atoms. The van der Waals surface area contributed by atoms with E-state index < -0.39 is 0 Å². The molecule has 0 saturated carbocycles. The Hall–Kier alpha value is -0.460. The summed E-state index contributed by atoms with van der Waals surface area (Å²) in [6, 6.07) is 0. The summed E-state index contributed by atoms with van der Waals surface area (Å²) in [7, 11) is 0. The van der Waals surface area contributed by atoms with Crippen LogP contribution in [0.5, 0.6) is 0 Å². The molecule has 0 unspecified atom stereocenters. The zero-order chi connectivity index (χ0) is 6.41. The number of hydrogen-bond donors (Lipinski definition) is 1. The van der Waals surface area contributed by atoms with Gasteiger partial charge < -0.3 is 5.32 Å². The Morgan fingerprint density at radius 1 is 1.50 bits per heavy atom. The van der Waals surface area contributed by atoms with E-state index in [0.29, 0.717) is 0 Å². The highest BCUT2D eigenvalue weighted by Crippen LogP contribution is 1.85. The summed E-state index contributed by atoms with van der Waals surface area (Å²) in [6.07, 6.45) is 3.97. The van der Waals surface area contributed by atoms with Gasteiger partial charge in [-0.05, 0) is 19.0 Å². The Morgan fingerprint density at radius 3 is 2.50 bits per heavy atom. The average molecular weight is 113 g/mol. The molecule has 0 bridgehead atoms. The second-order valence-electron chi connectivity index (χ2n) is 2.30. The molecule has 0 aliphatic heterocycles. The van der Waals surface area contributed by atoms with Gasteiger partial charge >= 0.3 is 0 Å². The molecule has 0 rings (SSSR count). The molecular formula is C7H15N. The van der Waals surface area contributed by atoms with E-state index >= 15 is 0 Å². The molecule has 0 aromatic carbocycles. The fourth-order valence-electron chi connectivity index (χ4n) is 0.422. The van der Waals surface area contributed by atoms with Gasteiger partial charge in [0.2, 0.25) is 0 Å². The predicted molar refractivity (Wildman–Crippen MR) is 37.7 cm³/mol. The zero-order valence-corrected chi connectivity index (χ0v) is 5.94. The van der Waals surface area contributed by atoms with Crippen LogP contribution in [-0.4, -0.2) is 6.54 Å². The molecule has 0 fully saturated rings. The van der Waals surface area contributed by atoms with Crippen molar-refractivity contribution in [2.24, 2.45) is 5.92 Å². The summed E-state index contributed by atoms with van der Waals surface area (Å²) in [4.78, 5) is 0. The molecule has 1 nitrogen and oxygen atoms in total. The normalized spacial score (nSPS) is 11.0. The van der Waals surface area contributed by atoms with Crippen LogP contribution in [0.4, 0.5) is 0 Å². The summed E-state index contributed by atoms with van der Waals surface area (Å²) in [5.74, 6) is 0.742. The first-order valence-electron chi connectivity index (χ1n) is 3.12. The predicted octanol–water partition coefficient (Wildman–Crippen LogP) is 1.77. The molecule has 0 aliphatic carbocycles. The van der Waals surface area contributed by atoms with Gasteiger partial charge in [-0.25, -0.2) is 0 Å². The van der Waals surface area contributed by atoms with E-state index in [1.807, 2.05) is 19.2 Å². The Bertz CT molecular complexity index is 64.8. The molecule has 1 N–H and O–H groups in total. The minimum atomic E-state index is 0.742. The maximum Gasteiger partial charge on any atom is 0.0164 e. The first-order chi connectivity index (χ1) is 3.77. The molecule has 0 aromatic heterocycles. The highest BCUT2D eigenvalue weighted by atomic mass is 14.8. The molecule has 1 heteroatoms. The maximum absolute atomic E-state index is 3.15. The molecular weight excluding hydrogens is 98.1 g/mol.